The molecule has 1 fully saturated rings. The first-order valence-electron chi connectivity index (χ1n) is 12.6. The van der Waals surface area contributed by atoms with Gasteiger partial charge in [0.1, 0.15) is 5.69 Å². The molecule has 196 valence electrons. The second kappa shape index (κ2) is 14.9. The molecule has 2 aliphatic rings. The van der Waals surface area contributed by atoms with Crippen molar-refractivity contribution < 1.29 is 9.59 Å². The predicted molar refractivity (Wildman–Crippen MR) is 158 cm³/mol. The molecule has 9 heteroatoms. The highest BCUT2D eigenvalue weighted by molar-refractivity contribution is 8.14. The van der Waals surface area contributed by atoms with Crippen LogP contribution in [0.3, 0.4) is 0 Å². The van der Waals surface area contributed by atoms with E-state index in [0.717, 1.165) is 28.6 Å². The van der Waals surface area contributed by atoms with Gasteiger partial charge >= 0.3 is 0 Å². The molecule has 0 spiro atoms. The minimum Gasteiger partial charge on any atom is -0.364 e. The second-order valence-electron chi connectivity index (χ2n) is 8.41. The highest BCUT2D eigenvalue weighted by Gasteiger charge is 2.20. The summed E-state index contributed by atoms with van der Waals surface area (Å²) in [5.74, 6) is -0.465. The van der Waals surface area contributed by atoms with Crippen LogP contribution in [-0.2, 0) is 6.42 Å². The van der Waals surface area contributed by atoms with Crippen molar-refractivity contribution in [2.75, 3.05) is 0 Å². The molecule has 1 aromatic carbocycles. The molecule has 1 saturated carbocycles. The number of primary amides is 1. The van der Waals surface area contributed by atoms with Crippen LogP contribution >= 0.6 is 34.7 Å². The van der Waals surface area contributed by atoms with Crippen molar-refractivity contribution >= 4 is 62.8 Å². The highest BCUT2D eigenvalue weighted by atomic mass is 35.5. The SMILES string of the molecule is CC.NC(=O)c1cc2cc(Cl)ccc2[nH]1.O=C(SC1CCCCC1)c1ncc(CC2=CCC=NC=C2)s1. The Labute approximate surface area is 231 Å². The fourth-order valence-electron chi connectivity index (χ4n) is 3.97. The number of benzene rings is 1. The summed E-state index contributed by atoms with van der Waals surface area (Å²) in [7, 11) is 0. The molecule has 2 aromatic heterocycles. The van der Waals surface area contributed by atoms with E-state index in [1.165, 1.54) is 60.8 Å². The average molecular weight is 557 g/mol. The van der Waals surface area contributed by atoms with Gasteiger partial charge in [-0.05, 0) is 48.8 Å². The first-order chi connectivity index (χ1) is 18.0. The summed E-state index contributed by atoms with van der Waals surface area (Å²) >= 11 is 8.81. The molecule has 3 heterocycles. The Bertz CT molecular complexity index is 1290. The maximum absolute atomic E-state index is 12.3. The van der Waals surface area contributed by atoms with E-state index < -0.39 is 5.91 Å². The number of amides is 1. The van der Waals surface area contributed by atoms with Gasteiger partial charge in [0.2, 0.25) is 5.12 Å². The Morgan fingerprint density at radius 1 is 1.19 bits per heavy atom. The largest absolute Gasteiger partial charge is 0.364 e. The van der Waals surface area contributed by atoms with E-state index in [4.69, 9.17) is 17.3 Å². The zero-order valence-corrected chi connectivity index (χ0v) is 23.6. The number of thiazole rings is 1. The number of nitrogens with one attached hydrogen (secondary N) is 1. The monoisotopic (exact) mass is 556 g/mol. The van der Waals surface area contributed by atoms with Gasteiger partial charge in [0, 0.05) is 57.5 Å². The summed E-state index contributed by atoms with van der Waals surface area (Å²) < 4.78 is 0. The first-order valence-corrected chi connectivity index (χ1v) is 14.7. The van der Waals surface area contributed by atoms with E-state index in [1.807, 2.05) is 44.6 Å². The third kappa shape index (κ3) is 8.98. The van der Waals surface area contributed by atoms with Gasteiger partial charge in [0.25, 0.3) is 5.91 Å². The molecular weight excluding hydrogens is 524 g/mol. The lowest BCUT2D eigenvalue weighted by atomic mass is 10.0. The Morgan fingerprint density at radius 2 is 1.97 bits per heavy atom. The molecule has 3 N–H and O–H groups in total. The Morgan fingerprint density at radius 3 is 2.73 bits per heavy atom. The molecule has 1 amide bonds. The van der Waals surface area contributed by atoms with Gasteiger partial charge in [-0.15, -0.1) is 11.3 Å². The Kier molecular flexibility index (Phi) is 11.6. The molecule has 37 heavy (non-hydrogen) atoms. The van der Waals surface area contributed by atoms with Gasteiger partial charge < -0.3 is 10.7 Å². The lowest BCUT2D eigenvalue weighted by Gasteiger charge is -2.19. The topological polar surface area (TPSA) is 101 Å². The van der Waals surface area contributed by atoms with Crippen LogP contribution in [0.1, 0.15) is 77.5 Å². The zero-order valence-electron chi connectivity index (χ0n) is 21.2. The van der Waals surface area contributed by atoms with Crippen molar-refractivity contribution in [1.29, 1.82) is 0 Å². The van der Waals surface area contributed by atoms with Crippen LogP contribution in [0.15, 0.2) is 59.4 Å². The van der Waals surface area contributed by atoms with E-state index in [9.17, 15) is 9.59 Å². The summed E-state index contributed by atoms with van der Waals surface area (Å²) in [6.45, 7) is 4.00. The fourth-order valence-corrected chi connectivity index (χ4v) is 6.23. The minimum atomic E-state index is -0.465. The van der Waals surface area contributed by atoms with Crippen LogP contribution < -0.4 is 5.73 Å². The summed E-state index contributed by atoms with van der Waals surface area (Å²) in [6, 6.07) is 7.03. The number of fused-ring (bicyclic) bond motifs is 1. The molecule has 0 radical (unpaired) electrons. The van der Waals surface area contributed by atoms with Gasteiger partial charge in [-0.25, -0.2) is 4.98 Å². The quantitative estimate of drug-likeness (QED) is 0.335. The van der Waals surface area contributed by atoms with Gasteiger partial charge in [-0.2, -0.15) is 0 Å². The normalized spacial score (nSPS) is 15.2. The number of allylic oxidation sites excluding steroid dienone is 3. The fraction of sp³-hybridized carbons (Fsp3) is 0.357. The number of rotatable bonds is 5. The number of aliphatic imine (C=N–C) groups is 1. The van der Waals surface area contributed by atoms with E-state index >= 15 is 0 Å². The number of hydrogen-bond acceptors (Lipinski definition) is 6. The van der Waals surface area contributed by atoms with Crippen LogP contribution in [0.5, 0.6) is 0 Å². The van der Waals surface area contributed by atoms with E-state index in [2.05, 4.69) is 21.0 Å². The van der Waals surface area contributed by atoms with Crippen molar-refractivity contribution in [3.8, 4) is 0 Å². The number of carbonyl (C=O) groups excluding carboxylic acids is 2. The van der Waals surface area contributed by atoms with Crippen molar-refractivity contribution in [2.24, 2.45) is 10.7 Å². The van der Waals surface area contributed by atoms with E-state index in [-0.39, 0.29) is 5.12 Å². The molecule has 0 atom stereocenters. The maximum Gasteiger partial charge on any atom is 0.265 e. The molecule has 3 aromatic rings. The van der Waals surface area contributed by atoms with Crippen LogP contribution in [0, 0.1) is 0 Å². The second-order valence-corrected chi connectivity index (χ2v) is 11.2. The molecule has 0 unspecified atom stereocenters. The summed E-state index contributed by atoms with van der Waals surface area (Å²) in [5.41, 5.74) is 7.61. The number of nitrogens with zero attached hydrogens (tertiary/aromatic N) is 2. The molecule has 1 aliphatic heterocycles. The van der Waals surface area contributed by atoms with Gasteiger partial charge in [-0.3, -0.25) is 14.6 Å². The number of aromatic amines is 1. The van der Waals surface area contributed by atoms with Crippen LogP contribution in [-0.4, -0.2) is 32.5 Å². The first kappa shape index (κ1) is 28.9. The third-order valence-electron chi connectivity index (χ3n) is 5.75. The number of thioether (sulfide) groups is 1. The van der Waals surface area contributed by atoms with E-state index in [0.29, 0.717) is 21.0 Å². The predicted octanol–water partition coefficient (Wildman–Crippen LogP) is 7.75. The third-order valence-corrected chi connectivity index (χ3v) is 8.32. The number of halogens is 1. The number of nitrogens with two attached hydrogens (primary N) is 1. The molecular formula is C28H33ClN4O2S2. The molecule has 0 bridgehead atoms. The van der Waals surface area contributed by atoms with Gasteiger partial charge in [0.05, 0.1) is 0 Å². The van der Waals surface area contributed by atoms with Crippen LogP contribution in [0.4, 0.5) is 0 Å². The Balaban J connectivity index is 0.000000216. The van der Waals surface area contributed by atoms with Gasteiger partial charge in [0.15, 0.2) is 5.01 Å². The summed E-state index contributed by atoms with van der Waals surface area (Å²) in [4.78, 5) is 35.7. The van der Waals surface area contributed by atoms with Crippen LogP contribution in [0.25, 0.3) is 10.9 Å². The van der Waals surface area contributed by atoms with Gasteiger partial charge in [-0.1, -0.05) is 62.5 Å². The minimum absolute atomic E-state index is 0.150. The van der Waals surface area contributed by atoms with Crippen molar-refractivity contribution in [2.45, 2.75) is 64.0 Å². The summed E-state index contributed by atoms with van der Waals surface area (Å²) in [6.07, 6.45) is 17.7. The van der Waals surface area contributed by atoms with Crippen molar-refractivity contribution in [3.05, 3.63) is 75.0 Å². The number of H-pyrrole nitrogens is 1. The van der Waals surface area contributed by atoms with Crippen molar-refractivity contribution in [3.63, 3.8) is 0 Å². The number of carbonyl (C=O) groups is 2. The average Bonchev–Trinajstić information content (AvgIpc) is 3.47. The summed E-state index contributed by atoms with van der Waals surface area (Å²) in [5, 5.41) is 2.83. The molecule has 6 nitrogen and oxygen atoms in total. The lowest BCUT2D eigenvalue weighted by Crippen LogP contribution is -2.11. The van der Waals surface area contributed by atoms with Crippen molar-refractivity contribution in [1.82, 2.24) is 9.97 Å². The molecule has 1 aliphatic carbocycles. The molecule has 0 saturated heterocycles. The van der Waals surface area contributed by atoms with E-state index in [1.54, 1.807) is 18.2 Å². The Hall–Kier alpha value is -2.68. The highest BCUT2D eigenvalue weighted by Crippen LogP contribution is 2.31. The lowest BCUT2D eigenvalue weighted by molar-refractivity contribution is 0.0995. The molecule has 5 rings (SSSR count). The number of aromatic nitrogens is 2. The number of hydrogen-bond donors (Lipinski definition) is 2. The smallest absolute Gasteiger partial charge is 0.265 e. The maximum atomic E-state index is 12.3. The zero-order chi connectivity index (χ0) is 26.6. The standard InChI is InChI=1S/C17H20N2OS2.C9H7ClN2O.C2H6/c20-17(22-14-6-2-1-3-7-14)16-19-12-15(21-16)11-13-5-4-9-18-10-8-13;10-6-1-2-7-5(3-6)4-8(12-7)9(11)13;1-2/h5,8-10,12,14H,1-4,6-7,11H2;1-4,12H,(H2,11,13);1-2H3. The van der Waals surface area contributed by atoms with Crippen LogP contribution in [0.2, 0.25) is 5.02 Å².